The van der Waals surface area contributed by atoms with Crippen LogP contribution in [0.4, 0.5) is 19.8 Å². The summed E-state index contributed by atoms with van der Waals surface area (Å²) in [5, 5.41) is 6.74. The molecule has 2 aromatic carbocycles. The molecule has 13 heteroatoms. The molecular weight excluding hydrogens is 513 g/mol. The number of rotatable bonds is 9. The van der Waals surface area contributed by atoms with E-state index in [0.717, 1.165) is 17.0 Å². The van der Waals surface area contributed by atoms with Gasteiger partial charge < -0.3 is 15.0 Å². The van der Waals surface area contributed by atoms with Crippen molar-refractivity contribution in [2.75, 3.05) is 31.8 Å². The number of hydrogen-bond acceptors (Lipinski definition) is 6. The molecule has 0 aliphatic carbocycles. The highest BCUT2D eigenvalue weighted by Crippen LogP contribution is 2.19. The van der Waals surface area contributed by atoms with Gasteiger partial charge in [-0.1, -0.05) is 48.0 Å². The molecule has 0 spiro atoms. The predicted octanol–water partition coefficient (Wildman–Crippen LogP) is 3.34. The van der Waals surface area contributed by atoms with Crippen molar-refractivity contribution in [3.63, 3.8) is 0 Å². The first-order chi connectivity index (χ1) is 17.0. The number of anilines is 1. The lowest BCUT2D eigenvalue weighted by Crippen LogP contribution is -2.50. The zero-order valence-electron chi connectivity index (χ0n) is 19.5. The number of halogens is 2. The second kappa shape index (κ2) is 12.0. The Morgan fingerprint density at radius 3 is 2.61 bits per heavy atom. The van der Waals surface area contributed by atoms with E-state index in [2.05, 4.69) is 20.3 Å². The maximum absolute atomic E-state index is 13.6. The number of amides is 3. The van der Waals surface area contributed by atoms with Crippen molar-refractivity contribution in [2.45, 2.75) is 12.6 Å². The van der Waals surface area contributed by atoms with Crippen molar-refractivity contribution in [2.24, 2.45) is 0 Å². The smallest absolute Gasteiger partial charge is 0.412 e. The molecule has 36 heavy (non-hydrogen) atoms. The number of fused-ring (bicyclic) bond motifs is 1. The third-order valence-electron chi connectivity index (χ3n) is 5.18. The number of benzene rings is 2. The number of pyridine rings is 1. The highest BCUT2D eigenvalue weighted by Gasteiger charge is 2.23. The van der Waals surface area contributed by atoms with E-state index >= 15 is 0 Å². The maximum atomic E-state index is 13.6. The number of hydrogen-bond donors (Lipinski definition) is 3. The summed E-state index contributed by atoms with van der Waals surface area (Å²) in [5.74, 6) is -0.352. The van der Waals surface area contributed by atoms with Crippen molar-refractivity contribution < 1.29 is 27.1 Å². The molecule has 3 amide bonds. The number of likely N-dealkylation sites (N-methyl/N-ethyl adjacent to an activating group) is 1. The largest absolute Gasteiger partial charge is 0.447 e. The van der Waals surface area contributed by atoms with Crippen LogP contribution in [0.25, 0.3) is 10.8 Å². The Labute approximate surface area is 212 Å². The second-order valence-electron chi connectivity index (χ2n) is 7.90. The Morgan fingerprint density at radius 1 is 1.17 bits per heavy atom. The van der Waals surface area contributed by atoms with Crippen LogP contribution in [0.2, 0.25) is 5.02 Å². The zero-order chi connectivity index (χ0) is 26.3. The van der Waals surface area contributed by atoms with Crippen LogP contribution in [0.3, 0.4) is 0 Å². The van der Waals surface area contributed by atoms with Crippen molar-refractivity contribution in [1.82, 2.24) is 19.9 Å². The van der Waals surface area contributed by atoms with E-state index in [1.807, 2.05) is 24.3 Å². The lowest BCUT2D eigenvalue weighted by molar-refractivity contribution is 0.118. The molecule has 0 saturated heterocycles. The molecule has 1 atom stereocenters. The molecule has 0 saturated carbocycles. The van der Waals surface area contributed by atoms with Crippen LogP contribution in [0.15, 0.2) is 54.7 Å². The number of carbonyl (C=O) groups is 2. The van der Waals surface area contributed by atoms with E-state index in [1.54, 1.807) is 18.3 Å². The van der Waals surface area contributed by atoms with Crippen molar-refractivity contribution in [1.29, 1.82) is 0 Å². The van der Waals surface area contributed by atoms with Gasteiger partial charge in [0, 0.05) is 31.7 Å². The van der Waals surface area contributed by atoms with Gasteiger partial charge in [-0.15, -0.1) is 0 Å². The number of aromatic nitrogens is 1. The normalized spacial score (nSPS) is 12.1. The van der Waals surface area contributed by atoms with Gasteiger partial charge in [-0.3, -0.25) is 5.32 Å². The van der Waals surface area contributed by atoms with E-state index in [9.17, 15) is 22.4 Å². The third-order valence-corrected chi connectivity index (χ3v) is 6.29. The number of urea groups is 1. The average Bonchev–Trinajstić information content (AvgIpc) is 2.83. The van der Waals surface area contributed by atoms with Gasteiger partial charge in [0.1, 0.15) is 18.2 Å². The standard InChI is InChI=1S/C23H25ClFN5O5S/c1-30(22(31)27-12-17-8-5-9-19(25)21(17)24)18(13-28-36(2,33)34)14-35-23(32)29-20-10-15-6-3-4-7-16(15)11-26-20/h3-11,18,28H,12-14H2,1-2H3,(H,27,31)(H,26,29,32)/t18-/m0/s1. The molecule has 0 unspecified atom stereocenters. The third kappa shape index (κ3) is 7.77. The summed E-state index contributed by atoms with van der Waals surface area (Å²) in [6.45, 7) is -0.613. The summed E-state index contributed by atoms with van der Waals surface area (Å²) in [6, 6.07) is 11.9. The molecule has 3 aromatic rings. The first-order valence-corrected chi connectivity index (χ1v) is 13.0. The summed E-state index contributed by atoms with van der Waals surface area (Å²) >= 11 is 5.92. The molecule has 0 fully saturated rings. The lowest BCUT2D eigenvalue weighted by Gasteiger charge is -2.28. The highest BCUT2D eigenvalue weighted by atomic mass is 35.5. The first-order valence-electron chi connectivity index (χ1n) is 10.7. The molecule has 1 heterocycles. The summed E-state index contributed by atoms with van der Waals surface area (Å²) in [6.07, 6.45) is 1.74. The Kier molecular flexibility index (Phi) is 9.02. The van der Waals surface area contributed by atoms with Gasteiger partial charge in [-0.05, 0) is 23.1 Å². The Hall–Kier alpha value is -3.48. The molecule has 0 bridgehead atoms. The van der Waals surface area contributed by atoms with Crippen LogP contribution in [0.5, 0.6) is 0 Å². The van der Waals surface area contributed by atoms with Crippen molar-refractivity contribution in [3.8, 4) is 0 Å². The highest BCUT2D eigenvalue weighted by molar-refractivity contribution is 7.88. The quantitative estimate of drug-likeness (QED) is 0.384. The van der Waals surface area contributed by atoms with E-state index in [-0.39, 0.29) is 30.5 Å². The molecule has 0 aliphatic rings. The fourth-order valence-electron chi connectivity index (χ4n) is 3.17. The average molecular weight is 538 g/mol. The zero-order valence-corrected chi connectivity index (χ0v) is 21.1. The van der Waals surface area contributed by atoms with Crippen LogP contribution in [0.1, 0.15) is 5.56 Å². The minimum absolute atomic E-state index is 0.0685. The summed E-state index contributed by atoms with van der Waals surface area (Å²) in [7, 11) is -2.18. The first kappa shape index (κ1) is 27.1. The predicted molar refractivity (Wildman–Crippen MR) is 135 cm³/mol. The minimum Gasteiger partial charge on any atom is -0.447 e. The molecular formula is C23H25ClFN5O5S. The van der Waals surface area contributed by atoms with E-state index in [1.165, 1.54) is 24.1 Å². The molecule has 192 valence electrons. The number of nitrogens with one attached hydrogen (secondary N) is 3. The number of sulfonamides is 1. The Balaban J connectivity index is 1.62. The molecule has 0 aliphatic heterocycles. The van der Waals surface area contributed by atoms with Gasteiger partial charge in [0.25, 0.3) is 0 Å². The molecule has 3 rings (SSSR count). The van der Waals surface area contributed by atoms with E-state index in [4.69, 9.17) is 16.3 Å². The Bertz CT molecular complexity index is 1360. The van der Waals surface area contributed by atoms with E-state index in [0.29, 0.717) is 5.56 Å². The van der Waals surface area contributed by atoms with Crippen molar-refractivity contribution >= 4 is 50.3 Å². The molecule has 1 aromatic heterocycles. The van der Waals surface area contributed by atoms with Gasteiger partial charge in [-0.2, -0.15) is 0 Å². The fraction of sp³-hybridized carbons (Fsp3) is 0.261. The van der Waals surface area contributed by atoms with Gasteiger partial charge >= 0.3 is 12.1 Å². The van der Waals surface area contributed by atoms with Crippen LogP contribution in [0, 0.1) is 5.82 Å². The Morgan fingerprint density at radius 2 is 1.89 bits per heavy atom. The molecule has 3 N–H and O–H groups in total. The van der Waals surface area contributed by atoms with Crippen LogP contribution in [-0.2, 0) is 21.3 Å². The minimum atomic E-state index is -3.59. The number of ether oxygens (including phenoxy) is 1. The van der Waals surface area contributed by atoms with Crippen LogP contribution >= 0.6 is 11.6 Å². The van der Waals surface area contributed by atoms with Gasteiger partial charge in [0.15, 0.2) is 0 Å². The fourth-order valence-corrected chi connectivity index (χ4v) is 3.85. The van der Waals surface area contributed by atoms with Crippen molar-refractivity contribution in [3.05, 3.63) is 71.1 Å². The summed E-state index contributed by atoms with van der Waals surface area (Å²) in [4.78, 5) is 30.3. The van der Waals surface area contributed by atoms with Gasteiger partial charge in [0.2, 0.25) is 10.0 Å². The van der Waals surface area contributed by atoms with Gasteiger partial charge in [-0.25, -0.2) is 32.1 Å². The summed E-state index contributed by atoms with van der Waals surface area (Å²) in [5.41, 5.74) is 0.364. The lowest BCUT2D eigenvalue weighted by atomic mass is 10.2. The van der Waals surface area contributed by atoms with E-state index < -0.39 is 34.0 Å². The van der Waals surface area contributed by atoms with Crippen LogP contribution in [-0.4, -0.2) is 62.9 Å². The second-order valence-corrected chi connectivity index (χ2v) is 10.1. The number of carbonyl (C=O) groups excluding carboxylic acids is 2. The molecule has 0 radical (unpaired) electrons. The molecule has 10 nitrogen and oxygen atoms in total. The monoisotopic (exact) mass is 537 g/mol. The SMILES string of the molecule is CN(C(=O)NCc1cccc(F)c1Cl)[C@@H](CNS(C)(=O)=O)COC(=O)Nc1cc2ccccc2cn1. The maximum Gasteiger partial charge on any atom is 0.412 e. The van der Waals surface area contributed by atoms with Crippen LogP contribution < -0.4 is 15.4 Å². The van der Waals surface area contributed by atoms with Gasteiger partial charge in [0.05, 0.1) is 17.3 Å². The number of nitrogens with zero attached hydrogens (tertiary/aromatic N) is 2. The topological polar surface area (TPSA) is 130 Å². The summed E-state index contributed by atoms with van der Waals surface area (Å²) < 4.78 is 44.3.